The van der Waals surface area contributed by atoms with E-state index in [4.69, 9.17) is 40.2 Å². The van der Waals surface area contributed by atoms with Crippen LogP contribution < -0.4 is 10.6 Å². The van der Waals surface area contributed by atoms with Gasteiger partial charge in [0, 0.05) is 5.70 Å². The average molecular weight is 373 g/mol. The SMILES string of the molecule is CC1=C(C(=O)OCC(C)C)[C@H](c2cccc(Cl)c2Cl)NC(=S)N1. The van der Waals surface area contributed by atoms with Gasteiger partial charge in [0.2, 0.25) is 0 Å². The van der Waals surface area contributed by atoms with Gasteiger partial charge in [-0.25, -0.2) is 4.79 Å². The number of thiocarbonyl (C=S) groups is 1. The van der Waals surface area contributed by atoms with Crippen molar-refractivity contribution in [3.05, 3.63) is 45.1 Å². The van der Waals surface area contributed by atoms with Gasteiger partial charge in [0.25, 0.3) is 0 Å². The van der Waals surface area contributed by atoms with E-state index < -0.39 is 12.0 Å². The van der Waals surface area contributed by atoms with Gasteiger partial charge >= 0.3 is 5.97 Å². The number of ether oxygens (including phenoxy) is 1. The van der Waals surface area contributed by atoms with Crippen LogP contribution in [0.4, 0.5) is 0 Å². The second kappa shape index (κ2) is 7.51. The molecule has 1 aliphatic heterocycles. The van der Waals surface area contributed by atoms with Gasteiger partial charge in [-0.15, -0.1) is 0 Å². The summed E-state index contributed by atoms with van der Waals surface area (Å²) in [6, 6.07) is 4.78. The number of benzene rings is 1. The van der Waals surface area contributed by atoms with Gasteiger partial charge in [-0.1, -0.05) is 49.2 Å². The molecule has 2 N–H and O–H groups in total. The molecule has 23 heavy (non-hydrogen) atoms. The fourth-order valence-electron chi connectivity index (χ4n) is 2.26. The summed E-state index contributed by atoms with van der Waals surface area (Å²) in [6.45, 7) is 6.08. The first-order chi connectivity index (χ1) is 10.8. The van der Waals surface area contributed by atoms with Crippen molar-refractivity contribution in [2.24, 2.45) is 5.92 Å². The summed E-state index contributed by atoms with van der Waals surface area (Å²) in [5, 5.41) is 7.25. The Morgan fingerprint density at radius 1 is 1.39 bits per heavy atom. The molecule has 1 heterocycles. The first-order valence-corrected chi connectivity index (χ1v) is 8.37. The zero-order chi connectivity index (χ0) is 17.1. The average Bonchev–Trinajstić information content (AvgIpc) is 2.47. The fourth-order valence-corrected chi connectivity index (χ4v) is 2.95. The molecule has 1 aromatic carbocycles. The summed E-state index contributed by atoms with van der Waals surface area (Å²) in [7, 11) is 0. The molecule has 0 saturated heterocycles. The maximum Gasteiger partial charge on any atom is 0.338 e. The second-order valence-corrected chi connectivity index (χ2v) is 6.90. The lowest BCUT2D eigenvalue weighted by atomic mass is 9.95. The summed E-state index contributed by atoms with van der Waals surface area (Å²) in [5.74, 6) is -0.154. The highest BCUT2D eigenvalue weighted by molar-refractivity contribution is 7.80. The van der Waals surface area contributed by atoms with E-state index >= 15 is 0 Å². The van der Waals surface area contributed by atoms with Crippen LogP contribution in [0.2, 0.25) is 10.0 Å². The number of nitrogens with one attached hydrogen (secondary N) is 2. The van der Waals surface area contributed by atoms with Crippen LogP contribution in [0.3, 0.4) is 0 Å². The van der Waals surface area contributed by atoms with Gasteiger partial charge in [0.05, 0.1) is 28.3 Å². The number of allylic oxidation sites excluding steroid dienone is 1. The van der Waals surface area contributed by atoms with E-state index in [1.54, 1.807) is 19.1 Å². The molecule has 1 atom stereocenters. The summed E-state index contributed by atoms with van der Waals surface area (Å²) in [5.41, 5.74) is 1.77. The van der Waals surface area contributed by atoms with Crippen molar-refractivity contribution >= 4 is 46.5 Å². The molecular formula is C16H18Cl2N2O2S. The molecule has 0 fully saturated rings. The zero-order valence-electron chi connectivity index (χ0n) is 13.1. The van der Waals surface area contributed by atoms with Gasteiger partial charge in [0.1, 0.15) is 0 Å². The molecule has 4 nitrogen and oxygen atoms in total. The Hall–Kier alpha value is -1.30. The van der Waals surface area contributed by atoms with Crippen molar-refractivity contribution in [1.82, 2.24) is 10.6 Å². The van der Waals surface area contributed by atoms with Crippen molar-refractivity contribution < 1.29 is 9.53 Å². The minimum atomic E-state index is -0.505. The van der Waals surface area contributed by atoms with Crippen LogP contribution in [-0.2, 0) is 9.53 Å². The molecule has 0 unspecified atom stereocenters. The Labute approximate surface area is 151 Å². The highest BCUT2D eigenvalue weighted by Crippen LogP contribution is 2.35. The molecule has 2 rings (SSSR count). The molecule has 0 radical (unpaired) electrons. The third kappa shape index (κ3) is 4.16. The molecule has 0 saturated carbocycles. The van der Waals surface area contributed by atoms with E-state index in [1.807, 2.05) is 19.9 Å². The maximum atomic E-state index is 12.5. The number of hydrogen-bond donors (Lipinski definition) is 2. The maximum absolute atomic E-state index is 12.5. The normalized spacial score (nSPS) is 17.8. The monoisotopic (exact) mass is 372 g/mol. The first-order valence-electron chi connectivity index (χ1n) is 7.20. The quantitative estimate of drug-likeness (QED) is 0.618. The molecule has 1 aliphatic rings. The van der Waals surface area contributed by atoms with Crippen molar-refractivity contribution in [3.8, 4) is 0 Å². The van der Waals surface area contributed by atoms with Gasteiger partial charge in [-0.2, -0.15) is 0 Å². The van der Waals surface area contributed by atoms with Crippen LogP contribution in [0.5, 0.6) is 0 Å². The van der Waals surface area contributed by atoms with Gasteiger partial charge in [0.15, 0.2) is 5.11 Å². The number of halogens is 2. The molecule has 7 heteroatoms. The smallest absolute Gasteiger partial charge is 0.338 e. The number of carbonyl (C=O) groups is 1. The van der Waals surface area contributed by atoms with Crippen LogP contribution in [0.15, 0.2) is 29.5 Å². The Morgan fingerprint density at radius 2 is 2.09 bits per heavy atom. The molecule has 0 bridgehead atoms. The molecule has 1 aromatic rings. The van der Waals surface area contributed by atoms with Crippen LogP contribution >= 0.6 is 35.4 Å². The van der Waals surface area contributed by atoms with E-state index in [0.29, 0.717) is 38.6 Å². The summed E-state index contributed by atoms with van der Waals surface area (Å²) < 4.78 is 5.37. The Morgan fingerprint density at radius 3 is 2.74 bits per heavy atom. The zero-order valence-corrected chi connectivity index (χ0v) is 15.4. The Bertz CT molecular complexity index is 674. The Kier molecular flexibility index (Phi) is 5.89. The van der Waals surface area contributed by atoms with E-state index in [1.165, 1.54) is 0 Å². The van der Waals surface area contributed by atoms with Crippen molar-refractivity contribution in [3.63, 3.8) is 0 Å². The summed E-state index contributed by atoms with van der Waals surface area (Å²) in [4.78, 5) is 12.5. The number of hydrogen-bond acceptors (Lipinski definition) is 3. The van der Waals surface area contributed by atoms with E-state index in [9.17, 15) is 4.79 Å². The van der Waals surface area contributed by atoms with E-state index in [-0.39, 0.29) is 5.92 Å². The first kappa shape index (κ1) is 18.0. The molecule has 124 valence electrons. The second-order valence-electron chi connectivity index (χ2n) is 5.71. The molecule has 0 spiro atoms. The standard InChI is InChI=1S/C16H18Cl2N2O2S/c1-8(2)7-22-15(21)12-9(3)19-16(23)20-14(12)10-5-4-6-11(17)13(10)18/h4-6,8,14H,7H2,1-3H3,(H2,19,20,23)/t14-/m0/s1. The summed E-state index contributed by atoms with van der Waals surface area (Å²) in [6.07, 6.45) is 0. The predicted octanol–water partition coefficient (Wildman–Crippen LogP) is 3.99. The van der Waals surface area contributed by atoms with Crippen molar-refractivity contribution in [2.75, 3.05) is 6.61 Å². The Balaban J connectivity index is 2.42. The third-order valence-electron chi connectivity index (χ3n) is 3.33. The van der Waals surface area contributed by atoms with Crippen molar-refractivity contribution in [2.45, 2.75) is 26.8 Å². The highest BCUT2D eigenvalue weighted by atomic mass is 35.5. The third-order valence-corrected chi connectivity index (χ3v) is 4.38. The minimum Gasteiger partial charge on any atom is -0.462 e. The number of carbonyl (C=O) groups excluding carboxylic acids is 1. The highest BCUT2D eigenvalue weighted by Gasteiger charge is 2.32. The molecule has 0 aliphatic carbocycles. The number of esters is 1. The predicted molar refractivity (Wildman–Crippen MR) is 96.6 cm³/mol. The molecular weight excluding hydrogens is 355 g/mol. The van der Waals surface area contributed by atoms with Gasteiger partial charge < -0.3 is 15.4 Å². The van der Waals surface area contributed by atoms with Crippen molar-refractivity contribution in [1.29, 1.82) is 0 Å². The minimum absolute atomic E-state index is 0.249. The van der Waals surface area contributed by atoms with Crippen LogP contribution in [-0.4, -0.2) is 17.7 Å². The van der Waals surface area contributed by atoms with Gasteiger partial charge in [-0.3, -0.25) is 0 Å². The molecule has 0 aromatic heterocycles. The van der Waals surface area contributed by atoms with Gasteiger partial charge in [-0.05, 0) is 36.7 Å². The van der Waals surface area contributed by atoms with Crippen LogP contribution in [0, 0.1) is 5.92 Å². The van der Waals surface area contributed by atoms with E-state index in [2.05, 4.69) is 10.6 Å². The largest absolute Gasteiger partial charge is 0.462 e. The fraction of sp³-hybridized carbons (Fsp3) is 0.375. The summed E-state index contributed by atoms with van der Waals surface area (Å²) >= 11 is 17.6. The molecule has 0 amide bonds. The lowest BCUT2D eigenvalue weighted by Gasteiger charge is -2.30. The van der Waals surface area contributed by atoms with Crippen LogP contribution in [0.1, 0.15) is 32.4 Å². The number of rotatable bonds is 4. The van der Waals surface area contributed by atoms with E-state index in [0.717, 1.165) is 0 Å². The van der Waals surface area contributed by atoms with Crippen LogP contribution in [0.25, 0.3) is 0 Å². The lowest BCUT2D eigenvalue weighted by molar-refractivity contribution is -0.140. The topological polar surface area (TPSA) is 50.4 Å². The lowest BCUT2D eigenvalue weighted by Crippen LogP contribution is -2.45.